The zero-order valence-corrected chi connectivity index (χ0v) is 11.6. The largest absolute Gasteiger partial charge is 0.290 e. The van der Waals surface area contributed by atoms with E-state index >= 15 is 0 Å². The lowest BCUT2D eigenvalue weighted by atomic mass is 9.82. The second-order valence-electron chi connectivity index (χ2n) is 5.87. The highest BCUT2D eigenvalue weighted by molar-refractivity contribution is 5.94. The summed E-state index contributed by atoms with van der Waals surface area (Å²) in [5.41, 5.74) is 0.645. The fraction of sp³-hybridized carbons (Fsp3) is 0.438. The minimum Gasteiger partial charge on any atom is -0.290 e. The van der Waals surface area contributed by atoms with Crippen LogP contribution < -0.4 is 0 Å². The van der Waals surface area contributed by atoms with Crippen LogP contribution in [0.15, 0.2) is 24.3 Å². The smallest absolute Gasteiger partial charge is 0.217 e. The van der Waals surface area contributed by atoms with Gasteiger partial charge in [-0.3, -0.25) is 4.79 Å². The molecule has 2 heterocycles. The van der Waals surface area contributed by atoms with E-state index in [0.29, 0.717) is 17.9 Å². The molecule has 1 aliphatic heterocycles. The van der Waals surface area contributed by atoms with Crippen LogP contribution in [0.2, 0.25) is 0 Å². The zero-order valence-electron chi connectivity index (χ0n) is 11.6. The third kappa shape index (κ3) is 1.99. The molecule has 5 heteroatoms. The Morgan fingerprint density at radius 3 is 2.76 bits per heavy atom. The molecule has 0 spiro atoms. The van der Waals surface area contributed by atoms with E-state index in [2.05, 4.69) is 10.1 Å². The van der Waals surface area contributed by atoms with Crippen LogP contribution in [0.5, 0.6) is 0 Å². The first-order valence-electron chi connectivity index (χ1n) is 7.47. The second-order valence-corrected chi connectivity index (χ2v) is 5.87. The number of halogens is 1. The van der Waals surface area contributed by atoms with Crippen molar-refractivity contribution in [3.05, 3.63) is 47.3 Å². The van der Waals surface area contributed by atoms with Crippen molar-refractivity contribution in [2.24, 2.45) is 5.92 Å². The van der Waals surface area contributed by atoms with Crippen molar-refractivity contribution in [2.45, 2.75) is 38.1 Å². The lowest BCUT2D eigenvalue weighted by Gasteiger charge is -2.22. The van der Waals surface area contributed by atoms with Gasteiger partial charge in [-0.1, -0.05) is 24.6 Å². The molecule has 1 aliphatic carbocycles. The van der Waals surface area contributed by atoms with Gasteiger partial charge < -0.3 is 0 Å². The molecule has 4 nitrogen and oxygen atoms in total. The Morgan fingerprint density at radius 2 is 2.05 bits per heavy atom. The van der Waals surface area contributed by atoms with E-state index in [-0.39, 0.29) is 23.4 Å². The number of fused-ring (bicyclic) bond motifs is 1. The van der Waals surface area contributed by atoms with Gasteiger partial charge in [-0.25, -0.2) is 14.1 Å². The molecule has 1 aromatic carbocycles. The first kappa shape index (κ1) is 12.7. The highest BCUT2D eigenvalue weighted by Gasteiger charge is 2.34. The number of carbonyl (C=O) groups excluding carboxylic acids is 1. The quantitative estimate of drug-likeness (QED) is 0.815. The van der Waals surface area contributed by atoms with E-state index in [1.54, 1.807) is 16.8 Å². The molecular weight excluding hydrogens is 269 g/mol. The number of rotatable bonds is 3. The Morgan fingerprint density at radius 1 is 1.24 bits per heavy atom. The zero-order chi connectivity index (χ0) is 14.4. The Balaban J connectivity index is 1.67. The minimum absolute atomic E-state index is 0.0513. The lowest BCUT2D eigenvalue weighted by molar-refractivity contribution is 0.0843. The average molecular weight is 285 g/mol. The molecular formula is C16H16FN3O. The second kappa shape index (κ2) is 4.76. The number of carbonyl (C=O) groups is 1. The average Bonchev–Trinajstić information content (AvgIpc) is 2.97. The van der Waals surface area contributed by atoms with Crippen LogP contribution in [-0.2, 0) is 6.54 Å². The normalized spacial score (nSPS) is 21.1. The van der Waals surface area contributed by atoms with Gasteiger partial charge in [-0.2, -0.15) is 0 Å². The Hall–Kier alpha value is -2.04. The maximum Gasteiger partial charge on any atom is 0.217 e. The molecule has 1 aromatic heterocycles. The van der Waals surface area contributed by atoms with Gasteiger partial charge in [-0.15, -0.1) is 5.10 Å². The van der Waals surface area contributed by atoms with Crippen molar-refractivity contribution < 1.29 is 9.18 Å². The monoisotopic (exact) mass is 285 g/mol. The van der Waals surface area contributed by atoms with Crippen molar-refractivity contribution in [1.82, 2.24) is 14.8 Å². The maximum absolute atomic E-state index is 14.0. The highest BCUT2D eigenvalue weighted by Crippen LogP contribution is 2.35. The van der Waals surface area contributed by atoms with Crippen LogP contribution in [0.1, 0.15) is 53.6 Å². The van der Waals surface area contributed by atoms with Crippen LogP contribution in [0.25, 0.3) is 0 Å². The summed E-state index contributed by atoms with van der Waals surface area (Å²) in [6.07, 6.45) is 3.79. The fourth-order valence-electron chi connectivity index (χ4n) is 3.17. The molecule has 0 radical (unpaired) electrons. The van der Waals surface area contributed by atoms with E-state index in [0.717, 1.165) is 31.5 Å². The third-order valence-corrected chi connectivity index (χ3v) is 4.62. The van der Waals surface area contributed by atoms with Crippen molar-refractivity contribution in [3.63, 3.8) is 0 Å². The van der Waals surface area contributed by atoms with Crippen molar-refractivity contribution >= 4 is 5.78 Å². The molecule has 0 saturated heterocycles. The van der Waals surface area contributed by atoms with E-state index in [9.17, 15) is 9.18 Å². The van der Waals surface area contributed by atoms with Crippen LogP contribution in [0.3, 0.4) is 0 Å². The molecule has 2 aromatic rings. The minimum atomic E-state index is -0.217. The summed E-state index contributed by atoms with van der Waals surface area (Å²) in [5.74, 6) is 0.876. The van der Waals surface area contributed by atoms with E-state index in [1.807, 2.05) is 6.07 Å². The number of aromatic nitrogens is 3. The van der Waals surface area contributed by atoms with Crippen LogP contribution in [-0.4, -0.2) is 20.5 Å². The molecule has 1 atom stereocenters. The molecule has 1 fully saturated rings. The Labute approximate surface area is 122 Å². The molecule has 0 N–H and O–H groups in total. The van der Waals surface area contributed by atoms with Gasteiger partial charge in [0.1, 0.15) is 11.6 Å². The van der Waals surface area contributed by atoms with Crippen molar-refractivity contribution in [1.29, 1.82) is 0 Å². The van der Waals surface area contributed by atoms with Gasteiger partial charge in [-0.05, 0) is 30.9 Å². The van der Waals surface area contributed by atoms with E-state index in [1.165, 1.54) is 6.07 Å². The number of hydrogen-bond donors (Lipinski definition) is 0. The molecule has 2 aliphatic rings. The summed E-state index contributed by atoms with van der Waals surface area (Å²) >= 11 is 0. The fourth-order valence-corrected chi connectivity index (χ4v) is 3.17. The number of hydrogen-bond acceptors (Lipinski definition) is 3. The summed E-state index contributed by atoms with van der Waals surface area (Å²) in [6.45, 7) is 0.694. The summed E-state index contributed by atoms with van der Waals surface area (Å²) in [7, 11) is 0. The highest BCUT2D eigenvalue weighted by atomic mass is 19.1. The topological polar surface area (TPSA) is 47.8 Å². The number of aryl methyl sites for hydroxylation is 1. The summed E-state index contributed by atoms with van der Waals surface area (Å²) in [5, 5.41) is 4.33. The molecule has 0 amide bonds. The molecule has 4 rings (SSSR count). The maximum atomic E-state index is 14.0. The summed E-state index contributed by atoms with van der Waals surface area (Å²) in [6, 6.07) is 6.77. The SMILES string of the molecule is O=C(c1nc2n(n1)CCC2c1ccccc1F)C1CCC1. The summed E-state index contributed by atoms with van der Waals surface area (Å²) < 4.78 is 15.7. The first-order valence-corrected chi connectivity index (χ1v) is 7.47. The number of benzene rings is 1. The van der Waals surface area contributed by atoms with E-state index < -0.39 is 0 Å². The number of nitrogens with zero attached hydrogens (tertiary/aromatic N) is 3. The van der Waals surface area contributed by atoms with Gasteiger partial charge in [0, 0.05) is 18.4 Å². The Kier molecular flexibility index (Phi) is 2.87. The first-order chi connectivity index (χ1) is 10.2. The van der Waals surface area contributed by atoms with Gasteiger partial charge in [0.25, 0.3) is 0 Å². The number of Topliss-reactive ketones (excluding diaryl/α,β-unsaturated/α-hetero) is 1. The van der Waals surface area contributed by atoms with Crippen LogP contribution >= 0.6 is 0 Å². The van der Waals surface area contributed by atoms with Gasteiger partial charge in [0.15, 0.2) is 0 Å². The van der Waals surface area contributed by atoms with Crippen LogP contribution in [0.4, 0.5) is 4.39 Å². The van der Waals surface area contributed by atoms with Gasteiger partial charge in [0.2, 0.25) is 11.6 Å². The molecule has 21 heavy (non-hydrogen) atoms. The number of ketones is 1. The van der Waals surface area contributed by atoms with Crippen molar-refractivity contribution in [3.8, 4) is 0 Å². The Bertz CT molecular complexity index is 705. The predicted molar refractivity (Wildman–Crippen MR) is 74.6 cm³/mol. The van der Waals surface area contributed by atoms with Crippen molar-refractivity contribution in [2.75, 3.05) is 0 Å². The third-order valence-electron chi connectivity index (χ3n) is 4.62. The molecule has 1 unspecified atom stereocenters. The molecule has 0 bridgehead atoms. The predicted octanol–water partition coefficient (Wildman–Crippen LogP) is 2.94. The molecule has 108 valence electrons. The molecule has 1 saturated carbocycles. The standard InChI is InChI=1S/C16H16FN3O/c17-13-7-2-1-6-11(13)12-8-9-20-16(12)18-15(19-20)14(21)10-4-3-5-10/h1-2,6-7,10,12H,3-5,8-9H2. The van der Waals surface area contributed by atoms with Gasteiger partial charge >= 0.3 is 0 Å². The van der Waals surface area contributed by atoms with E-state index in [4.69, 9.17) is 0 Å². The van der Waals surface area contributed by atoms with Crippen LogP contribution in [0, 0.1) is 11.7 Å². The van der Waals surface area contributed by atoms with Gasteiger partial charge in [0.05, 0.1) is 0 Å². The lowest BCUT2D eigenvalue weighted by Crippen LogP contribution is -2.23. The summed E-state index contributed by atoms with van der Waals surface area (Å²) in [4.78, 5) is 16.7.